The van der Waals surface area contributed by atoms with Crippen molar-refractivity contribution in [2.45, 2.75) is 11.8 Å². The summed E-state index contributed by atoms with van der Waals surface area (Å²) in [7, 11) is -2.54. The van der Waals surface area contributed by atoms with Crippen LogP contribution in [0, 0.1) is 5.82 Å². The molecule has 112 valence electrons. The zero-order valence-electron chi connectivity index (χ0n) is 11.8. The Morgan fingerprint density at radius 1 is 1.10 bits per heavy atom. The molecule has 4 nitrogen and oxygen atoms in total. The van der Waals surface area contributed by atoms with Crippen LogP contribution in [0.15, 0.2) is 53.4 Å². The lowest BCUT2D eigenvalue weighted by atomic mass is 10.3. The summed E-state index contributed by atoms with van der Waals surface area (Å²) in [5.41, 5.74) is 0.432. The lowest BCUT2D eigenvalue weighted by molar-refractivity contribution is 0.340. The summed E-state index contributed by atoms with van der Waals surface area (Å²) in [5, 5.41) is 0. The van der Waals surface area contributed by atoms with Gasteiger partial charge in [0.05, 0.1) is 12.3 Å². The van der Waals surface area contributed by atoms with E-state index in [1.807, 2.05) is 6.92 Å². The van der Waals surface area contributed by atoms with Gasteiger partial charge in [0.25, 0.3) is 10.0 Å². The predicted molar refractivity (Wildman–Crippen MR) is 79.6 cm³/mol. The van der Waals surface area contributed by atoms with E-state index in [2.05, 4.69) is 0 Å². The maximum absolute atomic E-state index is 13.7. The molecule has 0 fully saturated rings. The van der Waals surface area contributed by atoms with Crippen LogP contribution in [0.1, 0.15) is 6.92 Å². The largest absolute Gasteiger partial charge is 0.494 e. The van der Waals surface area contributed by atoms with E-state index < -0.39 is 15.8 Å². The minimum absolute atomic E-state index is 0.346. The Kier molecular flexibility index (Phi) is 4.47. The van der Waals surface area contributed by atoms with Gasteiger partial charge in [-0.05, 0) is 43.3 Å². The van der Waals surface area contributed by atoms with Crippen LogP contribution in [0.5, 0.6) is 5.75 Å². The standard InChI is InChI=1S/C15H16FNO3S/c1-3-20-13-10-8-12(9-11-13)17(2)21(18,19)15-7-5-4-6-14(15)16/h4-11H,3H2,1-2H3. The van der Waals surface area contributed by atoms with Crippen LogP contribution in [-0.2, 0) is 10.0 Å². The van der Waals surface area contributed by atoms with Gasteiger partial charge in [0.2, 0.25) is 0 Å². The average Bonchev–Trinajstić information content (AvgIpc) is 2.48. The minimum atomic E-state index is -3.93. The fourth-order valence-electron chi connectivity index (χ4n) is 1.86. The number of hydrogen-bond acceptors (Lipinski definition) is 3. The van der Waals surface area contributed by atoms with Crippen molar-refractivity contribution in [3.63, 3.8) is 0 Å². The highest BCUT2D eigenvalue weighted by Gasteiger charge is 2.24. The number of nitrogens with zero attached hydrogens (tertiary/aromatic N) is 1. The summed E-state index contributed by atoms with van der Waals surface area (Å²) in [6.07, 6.45) is 0. The fourth-order valence-corrected chi connectivity index (χ4v) is 3.12. The van der Waals surface area contributed by atoms with Crippen LogP contribution in [0.4, 0.5) is 10.1 Å². The van der Waals surface area contributed by atoms with E-state index in [9.17, 15) is 12.8 Å². The lowest BCUT2D eigenvalue weighted by Gasteiger charge is -2.20. The van der Waals surface area contributed by atoms with Crippen molar-refractivity contribution in [3.05, 3.63) is 54.3 Å². The van der Waals surface area contributed by atoms with Crippen LogP contribution in [0.2, 0.25) is 0 Å². The highest BCUT2D eigenvalue weighted by Crippen LogP contribution is 2.25. The monoisotopic (exact) mass is 309 g/mol. The quantitative estimate of drug-likeness (QED) is 0.853. The molecule has 0 atom stereocenters. The van der Waals surface area contributed by atoms with Crippen molar-refractivity contribution < 1.29 is 17.5 Å². The second kappa shape index (κ2) is 6.13. The molecule has 0 aliphatic heterocycles. The predicted octanol–water partition coefficient (Wildman–Crippen LogP) is 3.05. The van der Waals surface area contributed by atoms with Gasteiger partial charge in [0.15, 0.2) is 0 Å². The first-order valence-electron chi connectivity index (χ1n) is 6.43. The van der Waals surface area contributed by atoms with Crippen LogP contribution in [0.25, 0.3) is 0 Å². The van der Waals surface area contributed by atoms with Gasteiger partial charge in [-0.2, -0.15) is 0 Å². The first kappa shape index (κ1) is 15.3. The van der Waals surface area contributed by atoms with Gasteiger partial charge in [-0.15, -0.1) is 0 Å². The Balaban J connectivity index is 2.34. The third kappa shape index (κ3) is 3.16. The number of ether oxygens (including phenoxy) is 1. The molecule has 2 aromatic rings. The third-order valence-electron chi connectivity index (χ3n) is 2.99. The average molecular weight is 309 g/mol. The summed E-state index contributed by atoms with van der Waals surface area (Å²) in [6, 6.07) is 11.9. The third-order valence-corrected chi connectivity index (χ3v) is 4.81. The molecule has 2 rings (SSSR count). The van der Waals surface area contributed by atoms with Gasteiger partial charge in [-0.1, -0.05) is 12.1 Å². The normalized spacial score (nSPS) is 11.2. The molecule has 0 aliphatic carbocycles. The second-order valence-electron chi connectivity index (χ2n) is 4.33. The first-order chi connectivity index (χ1) is 9.96. The molecule has 0 unspecified atom stereocenters. The summed E-state index contributed by atoms with van der Waals surface area (Å²) >= 11 is 0. The van der Waals surface area contributed by atoms with Gasteiger partial charge in [-0.3, -0.25) is 4.31 Å². The molecule has 0 aromatic heterocycles. The van der Waals surface area contributed by atoms with Crippen molar-refractivity contribution in [1.29, 1.82) is 0 Å². The Hall–Kier alpha value is -2.08. The molecule has 2 aromatic carbocycles. The van der Waals surface area contributed by atoms with Crippen molar-refractivity contribution in [2.24, 2.45) is 0 Å². The van der Waals surface area contributed by atoms with Crippen LogP contribution >= 0.6 is 0 Å². The van der Waals surface area contributed by atoms with Crippen LogP contribution in [0.3, 0.4) is 0 Å². The van der Waals surface area contributed by atoms with E-state index in [0.717, 1.165) is 10.4 Å². The zero-order chi connectivity index (χ0) is 15.5. The number of halogens is 1. The number of sulfonamides is 1. The first-order valence-corrected chi connectivity index (χ1v) is 7.87. The summed E-state index contributed by atoms with van der Waals surface area (Å²) in [6.45, 7) is 2.39. The van der Waals surface area contributed by atoms with E-state index in [1.54, 1.807) is 24.3 Å². The van der Waals surface area contributed by atoms with Gasteiger partial charge in [0.1, 0.15) is 16.5 Å². The number of hydrogen-bond donors (Lipinski definition) is 0. The van der Waals surface area contributed by atoms with E-state index in [4.69, 9.17) is 4.74 Å². The molecular formula is C15H16FNO3S. The molecule has 6 heteroatoms. The SMILES string of the molecule is CCOc1ccc(N(C)S(=O)(=O)c2ccccc2F)cc1. The van der Waals surface area contributed by atoms with Crippen molar-refractivity contribution in [3.8, 4) is 5.75 Å². The fraction of sp³-hybridized carbons (Fsp3) is 0.200. The molecule has 0 spiro atoms. The maximum Gasteiger partial charge on any atom is 0.266 e. The summed E-state index contributed by atoms with van der Waals surface area (Å²) in [5.74, 6) is -0.117. The van der Waals surface area contributed by atoms with Gasteiger partial charge >= 0.3 is 0 Å². The molecule has 0 heterocycles. The van der Waals surface area contributed by atoms with E-state index in [0.29, 0.717) is 18.0 Å². The molecule has 0 aliphatic rings. The Bertz CT molecular complexity index is 714. The second-order valence-corrected chi connectivity index (χ2v) is 6.27. The topological polar surface area (TPSA) is 46.6 Å². The van der Waals surface area contributed by atoms with Crippen molar-refractivity contribution >= 4 is 15.7 Å². The molecule has 0 saturated heterocycles. The van der Waals surface area contributed by atoms with Gasteiger partial charge in [0, 0.05) is 7.05 Å². The molecular weight excluding hydrogens is 293 g/mol. The molecule has 0 saturated carbocycles. The van der Waals surface area contributed by atoms with Gasteiger partial charge in [-0.25, -0.2) is 12.8 Å². The van der Waals surface area contributed by atoms with Crippen molar-refractivity contribution in [2.75, 3.05) is 18.0 Å². The molecule has 0 amide bonds. The smallest absolute Gasteiger partial charge is 0.266 e. The maximum atomic E-state index is 13.7. The Labute approximate surface area is 123 Å². The number of benzene rings is 2. The van der Waals surface area contributed by atoms with Gasteiger partial charge < -0.3 is 4.74 Å². The van der Waals surface area contributed by atoms with Crippen LogP contribution < -0.4 is 9.04 Å². The highest BCUT2D eigenvalue weighted by molar-refractivity contribution is 7.92. The highest BCUT2D eigenvalue weighted by atomic mass is 32.2. The van der Waals surface area contributed by atoms with E-state index in [-0.39, 0.29) is 4.90 Å². The van der Waals surface area contributed by atoms with Crippen molar-refractivity contribution in [1.82, 2.24) is 0 Å². The number of rotatable bonds is 5. The Morgan fingerprint density at radius 3 is 2.29 bits per heavy atom. The Morgan fingerprint density at radius 2 is 1.71 bits per heavy atom. The summed E-state index contributed by atoms with van der Waals surface area (Å²) < 4.78 is 44.9. The van der Waals surface area contributed by atoms with E-state index >= 15 is 0 Å². The lowest BCUT2D eigenvalue weighted by Crippen LogP contribution is -2.27. The zero-order valence-corrected chi connectivity index (χ0v) is 12.6. The summed E-state index contributed by atoms with van der Waals surface area (Å²) in [4.78, 5) is -0.346. The molecule has 0 radical (unpaired) electrons. The van der Waals surface area contributed by atoms with Crippen LogP contribution in [-0.4, -0.2) is 22.1 Å². The molecule has 0 N–H and O–H groups in total. The van der Waals surface area contributed by atoms with E-state index in [1.165, 1.54) is 25.2 Å². The number of anilines is 1. The minimum Gasteiger partial charge on any atom is -0.494 e. The molecule has 0 bridgehead atoms. The molecule has 21 heavy (non-hydrogen) atoms.